The van der Waals surface area contributed by atoms with Crippen molar-refractivity contribution < 1.29 is 28.3 Å². The van der Waals surface area contributed by atoms with Crippen LogP contribution in [0, 0.1) is 0 Å². The summed E-state index contributed by atoms with van der Waals surface area (Å²) in [6.45, 7) is 0. The molecule has 0 unspecified atom stereocenters. The van der Waals surface area contributed by atoms with E-state index in [1.54, 1.807) is 28.4 Å². The fourth-order valence-corrected chi connectivity index (χ4v) is 4.03. The van der Waals surface area contributed by atoms with Crippen LogP contribution in [0.5, 0.6) is 28.7 Å². The first kappa shape index (κ1) is 25.6. The fourth-order valence-electron chi connectivity index (χ4n) is 4.03. The van der Waals surface area contributed by atoms with E-state index >= 15 is 0 Å². The van der Waals surface area contributed by atoms with Gasteiger partial charge in [0.2, 0.25) is 5.75 Å². The Hall–Kier alpha value is -4.45. The maximum Gasteiger partial charge on any atom is 0.203 e. The smallest absolute Gasteiger partial charge is 0.203 e. The molecule has 2 aromatic carbocycles. The molecule has 0 spiro atoms. The van der Waals surface area contributed by atoms with Crippen molar-refractivity contribution >= 4 is 17.0 Å². The third-order valence-corrected chi connectivity index (χ3v) is 6.04. The zero-order valence-corrected chi connectivity index (χ0v) is 22.1. The van der Waals surface area contributed by atoms with E-state index in [-0.39, 0.29) is 0 Å². The molecular formula is C31H32NO5+. The number of hydrogen-bond donors (Lipinski definition) is 0. The molecule has 0 saturated carbocycles. The van der Waals surface area contributed by atoms with E-state index in [1.165, 1.54) is 5.71 Å². The summed E-state index contributed by atoms with van der Waals surface area (Å²) in [5.41, 5.74) is 5.07. The van der Waals surface area contributed by atoms with Crippen molar-refractivity contribution in [3.63, 3.8) is 0 Å². The van der Waals surface area contributed by atoms with E-state index in [9.17, 15) is 0 Å². The first-order valence-electron chi connectivity index (χ1n) is 11.8. The van der Waals surface area contributed by atoms with Gasteiger partial charge in [0.25, 0.3) is 0 Å². The summed E-state index contributed by atoms with van der Waals surface area (Å²) in [6, 6.07) is 9.56. The van der Waals surface area contributed by atoms with Crippen molar-refractivity contribution in [1.29, 1.82) is 0 Å². The van der Waals surface area contributed by atoms with Gasteiger partial charge in [0.05, 0.1) is 28.4 Å². The van der Waals surface area contributed by atoms with Gasteiger partial charge in [-0.1, -0.05) is 24.3 Å². The van der Waals surface area contributed by atoms with E-state index in [1.807, 2.05) is 62.7 Å². The minimum Gasteiger partial charge on any atom is -0.497 e. The second kappa shape index (κ2) is 11.5. The van der Waals surface area contributed by atoms with Crippen LogP contribution in [-0.4, -0.2) is 52.8 Å². The van der Waals surface area contributed by atoms with Crippen molar-refractivity contribution in [2.45, 2.75) is 0 Å². The van der Waals surface area contributed by atoms with Gasteiger partial charge in [0, 0.05) is 29.3 Å². The standard InChI is InChI=1S/C31H32NO5/c1-32(2)24-13-11-21(12-14-24)9-7-8-10-22-17-27(37-28-20-25(33-3)15-16-26(22)28)23-18-29(34-4)31(36-6)30(19-23)35-5/h7-20H,1-6H3/q+1/b8-7+,22-10-. The summed E-state index contributed by atoms with van der Waals surface area (Å²) in [5.74, 6) is 3.71. The number of hydrogen-bond acceptors (Lipinski definition) is 5. The number of nitrogens with zero attached hydrogens (tertiary/aromatic N) is 1. The highest BCUT2D eigenvalue weighted by molar-refractivity contribution is 6.02. The van der Waals surface area contributed by atoms with Crippen molar-refractivity contribution in [1.82, 2.24) is 0 Å². The molecule has 2 aliphatic rings. The van der Waals surface area contributed by atoms with Gasteiger partial charge in [-0.15, -0.1) is 0 Å². The van der Waals surface area contributed by atoms with Crippen molar-refractivity contribution in [2.24, 2.45) is 0 Å². The lowest BCUT2D eigenvalue weighted by Gasteiger charge is -2.22. The molecule has 0 amide bonds. The summed E-state index contributed by atoms with van der Waals surface area (Å²) in [4.78, 5) is 0. The van der Waals surface area contributed by atoms with Crippen LogP contribution >= 0.6 is 0 Å². The summed E-state index contributed by atoms with van der Waals surface area (Å²) in [6.07, 6.45) is 18.6. The average Bonchev–Trinajstić information content (AvgIpc) is 2.93. The van der Waals surface area contributed by atoms with E-state index in [4.69, 9.17) is 23.7 Å². The van der Waals surface area contributed by atoms with E-state index in [0.717, 1.165) is 22.3 Å². The van der Waals surface area contributed by atoms with Crippen molar-refractivity contribution in [3.05, 3.63) is 102 Å². The number of rotatable bonds is 7. The Bertz CT molecular complexity index is 1360. The molecule has 0 saturated heterocycles. The summed E-state index contributed by atoms with van der Waals surface area (Å²) >= 11 is 0. The monoisotopic (exact) mass is 498 g/mol. The number of ether oxygens (including phenoxy) is 5. The highest BCUT2D eigenvalue weighted by Crippen LogP contribution is 2.43. The summed E-state index contributed by atoms with van der Waals surface area (Å²) in [7, 11) is 10.5. The lowest BCUT2D eigenvalue weighted by Crippen LogP contribution is -2.09. The molecular weight excluding hydrogens is 466 g/mol. The first-order valence-corrected chi connectivity index (χ1v) is 11.8. The largest absolute Gasteiger partial charge is 0.497 e. The third-order valence-electron chi connectivity index (χ3n) is 6.04. The van der Waals surface area contributed by atoms with Crippen LogP contribution < -0.4 is 23.7 Å². The molecule has 37 heavy (non-hydrogen) atoms. The number of benzene rings is 2. The van der Waals surface area contributed by atoms with Crippen molar-refractivity contribution in [3.8, 4) is 28.7 Å². The predicted molar refractivity (Wildman–Crippen MR) is 148 cm³/mol. The lowest BCUT2D eigenvalue weighted by atomic mass is 9.98. The SMILES string of the molecule is COc1ccc2c(c1)OC(c1cc(OC)c(OC)c(OC)c1)=C/C2=C/C=C/C=C1C=CC(=[N+](C)C)C=C1. The molecule has 6 heteroatoms. The second-order valence-corrected chi connectivity index (χ2v) is 8.55. The van der Waals surface area contributed by atoms with Gasteiger partial charge >= 0.3 is 0 Å². The maximum absolute atomic E-state index is 6.32. The van der Waals surface area contributed by atoms with E-state index in [0.29, 0.717) is 34.5 Å². The van der Waals surface area contributed by atoms with Crippen LogP contribution in [0.15, 0.2) is 90.6 Å². The minimum absolute atomic E-state index is 0.528. The van der Waals surface area contributed by atoms with Gasteiger partial charge < -0.3 is 23.7 Å². The second-order valence-electron chi connectivity index (χ2n) is 8.55. The van der Waals surface area contributed by atoms with Gasteiger partial charge in [-0.25, -0.2) is 4.58 Å². The Balaban J connectivity index is 1.72. The zero-order valence-electron chi connectivity index (χ0n) is 22.1. The molecule has 1 heterocycles. The normalized spacial score (nSPS) is 15.3. The Labute approximate surface area is 218 Å². The fraction of sp³-hybridized carbons (Fsp3) is 0.194. The van der Waals surface area contributed by atoms with Crippen LogP contribution in [0.3, 0.4) is 0 Å². The predicted octanol–water partition coefficient (Wildman–Crippen LogP) is 5.86. The Morgan fingerprint density at radius 2 is 1.43 bits per heavy atom. The van der Waals surface area contributed by atoms with Gasteiger partial charge in [-0.05, 0) is 53.6 Å². The Morgan fingerprint density at radius 3 is 2.03 bits per heavy atom. The van der Waals surface area contributed by atoms with Crippen LogP contribution in [0.1, 0.15) is 11.1 Å². The molecule has 6 nitrogen and oxygen atoms in total. The molecule has 190 valence electrons. The van der Waals surface area contributed by atoms with Crippen LogP contribution in [0.4, 0.5) is 0 Å². The molecule has 0 bridgehead atoms. The molecule has 0 fully saturated rings. The van der Waals surface area contributed by atoms with Crippen LogP contribution in [-0.2, 0) is 0 Å². The van der Waals surface area contributed by atoms with Crippen LogP contribution in [0.25, 0.3) is 11.3 Å². The summed E-state index contributed by atoms with van der Waals surface area (Å²) < 4.78 is 30.4. The molecule has 1 aliphatic carbocycles. The molecule has 1 aliphatic heterocycles. The van der Waals surface area contributed by atoms with Crippen LogP contribution in [0.2, 0.25) is 0 Å². The summed E-state index contributed by atoms with van der Waals surface area (Å²) in [5, 5.41) is 0. The maximum atomic E-state index is 6.32. The Morgan fingerprint density at radius 1 is 0.757 bits per heavy atom. The highest BCUT2D eigenvalue weighted by atomic mass is 16.5. The van der Waals surface area contributed by atoms with Gasteiger partial charge in [0.1, 0.15) is 31.4 Å². The number of fused-ring (bicyclic) bond motifs is 1. The first-order chi connectivity index (χ1) is 18.0. The third kappa shape index (κ3) is 5.70. The van der Waals surface area contributed by atoms with Gasteiger partial charge in [-0.3, -0.25) is 0 Å². The molecule has 2 aromatic rings. The zero-order chi connectivity index (χ0) is 26.4. The molecule has 0 atom stereocenters. The van der Waals surface area contributed by atoms with E-state index < -0.39 is 0 Å². The molecule has 0 aromatic heterocycles. The van der Waals surface area contributed by atoms with E-state index in [2.05, 4.69) is 41.0 Å². The average molecular weight is 499 g/mol. The minimum atomic E-state index is 0.528. The Kier molecular flexibility index (Phi) is 7.98. The number of methoxy groups -OCH3 is 4. The van der Waals surface area contributed by atoms with Gasteiger partial charge in [-0.2, -0.15) is 0 Å². The topological polar surface area (TPSA) is 49.2 Å². The quantitative estimate of drug-likeness (QED) is 0.448. The highest BCUT2D eigenvalue weighted by Gasteiger charge is 2.22. The molecule has 0 N–H and O–H groups in total. The lowest BCUT2D eigenvalue weighted by molar-refractivity contribution is -0.462. The number of allylic oxidation sites excluding steroid dienone is 11. The molecule has 4 rings (SSSR count). The molecule has 0 radical (unpaired) electrons. The van der Waals surface area contributed by atoms with Crippen molar-refractivity contribution in [2.75, 3.05) is 42.5 Å². The van der Waals surface area contributed by atoms with Gasteiger partial charge in [0.15, 0.2) is 17.2 Å².